The Morgan fingerprint density at radius 1 is 1.35 bits per heavy atom. The summed E-state index contributed by atoms with van der Waals surface area (Å²) < 4.78 is 0. The lowest BCUT2D eigenvalue weighted by atomic mass is 10.2. The smallest absolute Gasteiger partial charge is 0.275 e. The minimum atomic E-state index is -0.317. The van der Waals surface area contributed by atoms with Crippen LogP contribution in [0.1, 0.15) is 21.6 Å². The van der Waals surface area contributed by atoms with Crippen molar-refractivity contribution in [2.45, 2.75) is 6.92 Å². The van der Waals surface area contributed by atoms with E-state index >= 15 is 0 Å². The zero-order valence-electron chi connectivity index (χ0n) is 10.9. The fraction of sp³-hybridized carbons (Fsp3) is 0.133. The van der Waals surface area contributed by atoms with E-state index in [1.54, 1.807) is 30.6 Å². The van der Waals surface area contributed by atoms with Crippen LogP contribution < -0.4 is 5.32 Å². The molecule has 2 N–H and O–H groups in total. The summed E-state index contributed by atoms with van der Waals surface area (Å²) in [6.07, 6.45) is 3.11. The van der Waals surface area contributed by atoms with E-state index in [0.29, 0.717) is 17.1 Å². The molecule has 0 saturated heterocycles. The summed E-state index contributed by atoms with van der Waals surface area (Å²) in [5.41, 5.74) is 1.82. The van der Waals surface area contributed by atoms with Gasteiger partial charge in [0.15, 0.2) is 0 Å². The number of carbonyl (C=O) groups is 1. The highest BCUT2D eigenvalue weighted by Crippen LogP contribution is 2.09. The molecule has 0 bridgehead atoms. The van der Waals surface area contributed by atoms with Crippen molar-refractivity contribution >= 4 is 11.7 Å². The molecule has 1 amide bonds. The average Bonchev–Trinajstić information content (AvgIpc) is 2.46. The van der Waals surface area contributed by atoms with Gasteiger partial charge in [0.2, 0.25) is 0 Å². The maximum atomic E-state index is 12.1. The summed E-state index contributed by atoms with van der Waals surface area (Å²) in [4.78, 5) is 20.2. The van der Waals surface area contributed by atoms with Gasteiger partial charge < -0.3 is 10.4 Å². The quantitative estimate of drug-likeness (QED) is 0.806. The van der Waals surface area contributed by atoms with Gasteiger partial charge in [-0.15, -0.1) is 0 Å². The van der Waals surface area contributed by atoms with Crippen LogP contribution in [-0.2, 0) is 0 Å². The molecule has 2 rings (SSSR count). The Labute approximate surface area is 116 Å². The monoisotopic (exact) mass is 267 g/mol. The molecule has 0 atom stereocenters. The second-order valence-electron chi connectivity index (χ2n) is 4.01. The fourth-order valence-electron chi connectivity index (χ4n) is 1.62. The number of rotatable bonds is 2. The molecule has 0 aromatic carbocycles. The molecule has 0 aliphatic heterocycles. The minimum absolute atomic E-state index is 0.211. The lowest BCUT2D eigenvalue weighted by Gasteiger charge is -2.05. The van der Waals surface area contributed by atoms with Crippen LogP contribution in [0.25, 0.3) is 0 Å². The Morgan fingerprint density at radius 2 is 2.20 bits per heavy atom. The number of hydrogen-bond donors (Lipinski definition) is 2. The number of aliphatic hydroxyl groups is 1. The van der Waals surface area contributed by atoms with E-state index in [1.165, 1.54) is 0 Å². The minimum Gasteiger partial charge on any atom is -0.384 e. The summed E-state index contributed by atoms with van der Waals surface area (Å²) in [5, 5.41) is 11.3. The lowest BCUT2D eigenvalue weighted by Crippen LogP contribution is -2.15. The summed E-state index contributed by atoms with van der Waals surface area (Å²) >= 11 is 0. The van der Waals surface area contributed by atoms with Gasteiger partial charge in [-0.25, -0.2) is 4.98 Å². The molecule has 5 nitrogen and oxygen atoms in total. The van der Waals surface area contributed by atoms with E-state index in [2.05, 4.69) is 27.1 Å². The number of nitrogens with zero attached hydrogens (tertiary/aromatic N) is 2. The van der Waals surface area contributed by atoms with Crippen molar-refractivity contribution in [1.82, 2.24) is 9.97 Å². The van der Waals surface area contributed by atoms with Crippen LogP contribution in [0.15, 0.2) is 36.7 Å². The number of hydrogen-bond acceptors (Lipinski definition) is 4. The first-order chi connectivity index (χ1) is 9.70. The highest BCUT2D eigenvalue weighted by molar-refractivity contribution is 6.03. The van der Waals surface area contributed by atoms with Gasteiger partial charge in [-0.2, -0.15) is 0 Å². The predicted molar refractivity (Wildman–Crippen MR) is 75.1 cm³/mol. The Morgan fingerprint density at radius 3 is 2.95 bits per heavy atom. The molecule has 100 valence electrons. The molecule has 0 radical (unpaired) electrons. The van der Waals surface area contributed by atoms with Gasteiger partial charge in [-0.3, -0.25) is 9.78 Å². The number of amides is 1. The van der Waals surface area contributed by atoms with Crippen molar-refractivity contribution < 1.29 is 9.90 Å². The van der Waals surface area contributed by atoms with Gasteiger partial charge in [-0.05, 0) is 30.7 Å². The van der Waals surface area contributed by atoms with E-state index in [1.807, 2.05) is 13.0 Å². The van der Waals surface area contributed by atoms with Crippen LogP contribution >= 0.6 is 0 Å². The first kappa shape index (κ1) is 13.7. The molecular weight excluding hydrogens is 254 g/mol. The number of anilines is 1. The molecule has 0 saturated carbocycles. The van der Waals surface area contributed by atoms with Crippen molar-refractivity contribution in [2.75, 3.05) is 11.9 Å². The van der Waals surface area contributed by atoms with Crippen molar-refractivity contribution in [3.05, 3.63) is 53.5 Å². The van der Waals surface area contributed by atoms with E-state index in [9.17, 15) is 4.79 Å². The topological polar surface area (TPSA) is 75.1 Å². The molecule has 2 heterocycles. The van der Waals surface area contributed by atoms with E-state index in [4.69, 9.17) is 5.11 Å². The number of carbonyl (C=O) groups excluding carboxylic acids is 1. The second-order valence-corrected chi connectivity index (χ2v) is 4.01. The Kier molecular flexibility index (Phi) is 4.43. The number of nitrogens with one attached hydrogen (secondary N) is 1. The predicted octanol–water partition coefficient (Wildman–Crippen LogP) is 1.38. The Balaban J connectivity index is 2.18. The van der Waals surface area contributed by atoms with Crippen molar-refractivity contribution in [2.24, 2.45) is 0 Å². The maximum Gasteiger partial charge on any atom is 0.275 e. The molecule has 2 aromatic heterocycles. The van der Waals surface area contributed by atoms with Gasteiger partial charge >= 0.3 is 0 Å². The molecular formula is C15H13N3O2. The van der Waals surface area contributed by atoms with Gasteiger partial charge in [0.25, 0.3) is 5.91 Å². The van der Waals surface area contributed by atoms with Crippen LogP contribution in [0, 0.1) is 18.8 Å². The first-order valence-electron chi connectivity index (χ1n) is 5.99. The van der Waals surface area contributed by atoms with Crippen LogP contribution in [0.2, 0.25) is 0 Å². The molecule has 0 fully saturated rings. The molecule has 0 unspecified atom stereocenters. The van der Waals surface area contributed by atoms with Gasteiger partial charge in [0, 0.05) is 18.0 Å². The summed E-state index contributed by atoms with van der Waals surface area (Å²) in [6.45, 7) is 1.61. The largest absolute Gasteiger partial charge is 0.384 e. The van der Waals surface area contributed by atoms with Crippen molar-refractivity contribution in [3.63, 3.8) is 0 Å². The SMILES string of the molecule is Cc1cccnc1C(=O)Nc1cc(C#CCO)ccn1. The zero-order chi connectivity index (χ0) is 14.4. The number of aliphatic hydroxyl groups excluding tert-OH is 1. The van der Waals surface area contributed by atoms with Gasteiger partial charge in [0.05, 0.1) is 0 Å². The molecule has 5 heteroatoms. The number of pyridine rings is 2. The summed E-state index contributed by atoms with van der Waals surface area (Å²) in [7, 11) is 0. The summed E-state index contributed by atoms with van der Waals surface area (Å²) in [5.74, 6) is 5.37. The van der Waals surface area contributed by atoms with E-state index in [0.717, 1.165) is 5.56 Å². The molecule has 0 aliphatic carbocycles. The average molecular weight is 267 g/mol. The van der Waals surface area contributed by atoms with Crippen LogP contribution in [0.5, 0.6) is 0 Å². The highest BCUT2D eigenvalue weighted by atomic mass is 16.2. The number of aryl methyl sites for hydroxylation is 1. The molecule has 0 spiro atoms. The highest BCUT2D eigenvalue weighted by Gasteiger charge is 2.10. The van der Waals surface area contributed by atoms with Crippen LogP contribution in [0.3, 0.4) is 0 Å². The van der Waals surface area contributed by atoms with Crippen LogP contribution in [-0.4, -0.2) is 27.6 Å². The molecule has 2 aromatic rings. The van der Waals surface area contributed by atoms with E-state index in [-0.39, 0.29) is 12.5 Å². The second kappa shape index (κ2) is 6.45. The lowest BCUT2D eigenvalue weighted by molar-refractivity contribution is 0.102. The third-order valence-corrected chi connectivity index (χ3v) is 2.54. The van der Waals surface area contributed by atoms with Crippen molar-refractivity contribution in [3.8, 4) is 11.8 Å². The van der Waals surface area contributed by atoms with E-state index < -0.39 is 0 Å². The fourth-order valence-corrected chi connectivity index (χ4v) is 1.62. The van der Waals surface area contributed by atoms with Gasteiger partial charge in [-0.1, -0.05) is 17.9 Å². The van der Waals surface area contributed by atoms with Crippen LogP contribution in [0.4, 0.5) is 5.82 Å². The normalized spacial score (nSPS) is 9.50. The zero-order valence-corrected chi connectivity index (χ0v) is 10.9. The van der Waals surface area contributed by atoms with Gasteiger partial charge in [0.1, 0.15) is 18.1 Å². The third-order valence-electron chi connectivity index (χ3n) is 2.54. The standard InChI is InChI=1S/C15H13N3O2/c1-11-4-2-7-17-14(11)15(20)18-13-10-12(5-3-9-19)6-8-16-13/h2,4,6-8,10,19H,9H2,1H3,(H,16,18,20). The Bertz CT molecular complexity index is 687. The Hall–Kier alpha value is -2.71. The maximum absolute atomic E-state index is 12.1. The number of aromatic nitrogens is 2. The van der Waals surface area contributed by atoms with Crippen molar-refractivity contribution in [1.29, 1.82) is 0 Å². The molecule has 20 heavy (non-hydrogen) atoms. The molecule has 0 aliphatic rings. The summed E-state index contributed by atoms with van der Waals surface area (Å²) in [6, 6.07) is 6.93. The first-order valence-corrected chi connectivity index (χ1v) is 5.99. The third kappa shape index (κ3) is 3.40.